The smallest absolute Gasteiger partial charge is 0.199 e. The van der Waals surface area contributed by atoms with E-state index < -0.39 is 0 Å². The summed E-state index contributed by atoms with van der Waals surface area (Å²) in [6, 6.07) is 2.04. The molecule has 27 heavy (non-hydrogen) atoms. The molecule has 1 atom stereocenters. The van der Waals surface area contributed by atoms with E-state index in [-0.39, 0.29) is 10.8 Å². The van der Waals surface area contributed by atoms with Gasteiger partial charge in [-0.15, -0.1) is 5.10 Å². The van der Waals surface area contributed by atoms with Gasteiger partial charge in [0, 0.05) is 17.3 Å². The van der Waals surface area contributed by atoms with E-state index in [1.54, 1.807) is 6.20 Å². The third-order valence-electron chi connectivity index (χ3n) is 5.09. The van der Waals surface area contributed by atoms with Crippen LogP contribution in [-0.4, -0.2) is 40.1 Å². The minimum absolute atomic E-state index is 0.0614. The van der Waals surface area contributed by atoms with Crippen LogP contribution in [0.1, 0.15) is 58.4 Å². The van der Waals surface area contributed by atoms with Crippen molar-refractivity contribution in [1.82, 2.24) is 40.1 Å². The lowest BCUT2D eigenvalue weighted by Gasteiger charge is -2.25. The van der Waals surface area contributed by atoms with Gasteiger partial charge in [0.2, 0.25) is 0 Å². The van der Waals surface area contributed by atoms with Gasteiger partial charge >= 0.3 is 0 Å². The standard InChI is InChI=1S/C19H24N8/c1-6-19(5,17-23-13-9-20-10-21-14(13)24-17)8-11-7-12-15(27-26-11)25-16(22-12)18(2,3)4/h7,9-10H,6,8H2,1-5H3,(H,22,25,27)(H,20,21,23,24). The Morgan fingerprint density at radius 3 is 2.37 bits per heavy atom. The summed E-state index contributed by atoms with van der Waals surface area (Å²) in [5, 5.41) is 8.74. The van der Waals surface area contributed by atoms with Crippen molar-refractivity contribution < 1.29 is 0 Å². The monoisotopic (exact) mass is 364 g/mol. The lowest BCUT2D eigenvalue weighted by Crippen LogP contribution is -2.26. The molecule has 8 heteroatoms. The van der Waals surface area contributed by atoms with Crippen molar-refractivity contribution in [3.8, 4) is 0 Å². The summed E-state index contributed by atoms with van der Waals surface area (Å²) in [6.45, 7) is 10.7. The van der Waals surface area contributed by atoms with Crippen LogP contribution in [0.4, 0.5) is 0 Å². The molecule has 0 saturated heterocycles. The molecular weight excluding hydrogens is 340 g/mol. The van der Waals surface area contributed by atoms with Gasteiger partial charge in [0.1, 0.15) is 23.5 Å². The first kappa shape index (κ1) is 17.5. The molecule has 0 aliphatic heterocycles. The number of aromatic nitrogens is 8. The molecule has 0 aromatic carbocycles. The summed E-state index contributed by atoms with van der Waals surface area (Å²) >= 11 is 0. The van der Waals surface area contributed by atoms with Crippen molar-refractivity contribution in [1.29, 1.82) is 0 Å². The van der Waals surface area contributed by atoms with Gasteiger partial charge in [-0.3, -0.25) is 0 Å². The highest BCUT2D eigenvalue weighted by Crippen LogP contribution is 2.31. The zero-order chi connectivity index (χ0) is 19.2. The SMILES string of the molecule is CCC(C)(Cc1cc2[nH]c(C(C)(C)C)nc2nn1)c1nc2ncncc2[nH]1. The number of imidazole rings is 2. The fourth-order valence-corrected chi connectivity index (χ4v) is 3.13. The molecule has 4 rings (SSSR count). The van der Waals surface area contributed by atoms with Gasteiger partial charge in [-0.2, -0.15) is 5.10 Å². The number of fused-ring (bicyclic) bond motifs is 2. The summed E-state index contributed by atoms with van der Waals surface area (Å²) in [6.07, 6.45) is 4.87. The predicted octanol–water partition coefficient (Wildman–Crippen LogP) is 3.23. The minimum atomic E-state index is -0.212. The fraction of sp³-hybridized carbons (Fsp3) is 0.474. The highest BCUT2D eigenvalue weighted by atomic mass is 15.2. The van der Waals surface area contributed by atoms with Crippen molar-refractivity contribution in [2.24, 2.45) is 0 Å². The van der Waals surface area contributed by atoms with Crippen LogP contribution in [-0.2, 0) is 17.3 Å². The number of nitrogens with zero attached hydrogens (tertiary/aromatic N) is 6. The van der Waals surface area contributed by atoms with Crippen LogP contribution in [0, 0.1) is 0 Å². The molecule has 0 aliphatic rings. The minimum Gasteiger partial charge on any atom is -0.340 e. The second-order valence-electron chi connectivity index (χ2n) is 8.34. The van der Waals surface area contributed by atoms with Crippen LogP contribution in [0.5, 0.6) is 0 Å². The van der Waals surface area contributed by atoms with Crippen LogP contribution < -0.4 is 0 Å². The van der Waals surface area contributed by atoms with Gasteiger partial charge in [-0.1, -0.05) is 34.6 Å². The van der Waals surface area contributed by atoms with E-state index in [1.807, 2.05) is 6.07 Å². The van der Waals surface area contributed by atoms with Crippen molar-refractivity contribution in [2.45, 2.75) is 58.3 Å². The molecule has 0 aliphatic carbocycles. The summed E-state index contributed by atoms with van der Waals surface area (Å²) in [5.41, 5.74) is 3.73. The topological polar surface area (TPSA) is 109 Å². The van der Waals surface area contributed by atoms with Gasteiger partial charge in [-0.25, -0.2) is 19.9 Å². The van der Waals surface area contributed by atoms with E-state index in [0.29, 0.717) is 17.7 Å². The Labute approximate surface area is 157 Å². The largest absolute Gasteiger partial charge is 0.340 e. The number of hydrogen-bond acceptors (Lipinski definition) is 6. The Kier molecular flexibility index (Phi) is 3.94. The van der Waals surface area contributed by atoms with Crippen LogP contribution in [0.2, 0.25) is 0 Å². The van der Waals surface area contributed by atoms with Crippen LogP contribution >= 0.6 is 0 Å². The Bertz CT molecular complexity index is 1070. The summed E-state index contributed by atoms with van der Waals surface area (Å²) in [7, 11) is 0. The van der Waals surface area contributed by atoms with Crippen molar-refractivity contribution in [3.63, 3.8) is 0 Å². The summed E-state index contributed by atoms with van der Waals surface area (Å²) in [5.74, 6) is 1.81. The van der Waals surface area contributed by atoms with Gasteiger partial charge in [0.15, 0.2) is 11.3 Å². The molecular formula is C19H24N8. The Morgan fingerprint density at radius 1 is 0.926 bits per heavy atom. The number of nitrogens with one attached hydrogen (secondary N) is 2. The molecule has 4 aromatic rings. The van der Waals surface area contributed by atoms with Crippen molar-refractivity contribution in [2.75, 3.05) is 0 Å². The third kappa shape index (κ3) is 3.15. The first-order valence-corrected chi connectivity index (χ1v) is 9.17. The van der Waals surface area contributed by atoms with E-state index >= 15 is 0 Å². The second-order valence-corrected chi connectivity index (χ2v) is 8.34. The number of H-pyrrole nitrogens is 2. The van der Waals surface area contributed by atoms with E-state index in [1.165, 1.54) is 6.33 Å². The quantitative estimate of drug-likeness (QED) is 0.575. The zero-order valence-electron chi connectivity index (χ0n) is 16.3. The van der Waals surface area contributed by atoms with Crippen LogP contribution in [0.15, 0.2) is 18.6 Å². The molecule has 140 valence electrons. The zero-order valence-corrected chi connectivity index (χ0v) is 16.3. The Balaban J connectivity index is 1.69. The lowest BCUT2D eigenvalue weighted by molar-refractivity contribution is 0.422. The average molecular weight is 364 g/mol. The highest BCUT2D eigenvalue weighted by Gasteiger charge is 2.30. The molecule has 2 N–H and O–H groups in total. The normalized spacial score (nSPS) is 14.7. The van der Waals surface area contributed by atoms with E-state index in [0.717, 1.165) is 34.8 Å². The number of aromatic amines is 2. The molecule has 0 saturated carbocycles. The predicted molar refractivity (Wildman–Crippen MR) is 103 cm³/mol. The summed E-state index contributed by atoms with van der Waals surface area (Å²) < 4.78 is 0. The van der Waals surface area contributed by atoms with Gasteiger partial charge in [0.25, 0.3) is 0 Å². The molecule has 4 heterocycles. The van der Waals surface area contributed by atoms with Crippen LogP contribution in [0.3, 0.4) is 0 Å². The van der Waals surface area contributed by atoms with E-state index in [9.17, 15) is 0 Å². The van der Waals surface area contributed by atoms with Crippen molar-refractivity contribution in [3.05, 3.63) is 35.9 Å². The molecule has 1 unspecified atom stereocenters. The van der Waals surface area contributed by atoms with E-state index in [4.69, 9.17) is 0 Å². The molecule has 0 spiro atoms. The Hall–Kier alpha value is -2.90. The first-order valence-electron chi connectivity index (χ1n) is 9.17. The molecule has 0 fully saturated rings. The van der Waals surface area contributed by atoms with Gasteiger partial charge < -0.3 is 9.97 Å². The average Bonchev–Trinajstić information content (AvgIpc) is 3.25. The highest BCUT2D eigenvalue weighted by molar-refractivity contribution is 5.71. The molecule has 8 nitrogen and oxygen atoms in total. The summed E-state index contributed by atoms with van der Waals surface area (Å²) in [4.78, 5) is 24.3. The maximum Gasteiger partial charge on any atom is 0.199 e. The number of rotatable bonds is 4. The maximum absolute atomic E-state index is 4.68. The molecule has 0 radical (unpaired) electrons. The molecule has 0 bridgehead atoms. The molecule has 4 aromatic heterocycles. The first-order chi connectivity index (χ1) is 12.8. The third-order valence-corrected chi connectivity index (χ3v) is 5.09. The second kappa shape index (κ2) is 6.07. The Morgan fingerprint density at radius 2 is 1.67 bits per heavy atom. The lowest BCUT2D eigenvalue weighted by atomic mass is 9.82. The van der Waals surface area contributed by atoms with Gasteiger partial charge in [-0.05, 0) is 12.5 Å². The van der Waals surface area contributed by atoms with Crippen molar-refractivity contribution >= 4 is 22.3 Å². The molecule has 0 amide bonds. The van der Waals surface area contributed by atoms with Gasteiger partial charge in [0.05, 0.1) is 17.4 Å². The maximum atomic E-state index is 4.68. The fourth-order valence-electron chi connectivity index (χ4n) is 3.13. The number of hydrogen-bond donors (Lipinski definition) is 2. The van der Waals surface area contributed by atoms with E-state index in [2.05, 4.69) is 74.7 Å². The van der Waals surface area contributed by atoms with Crippen LogP contribution in [0.25, 0.3) is 22.3 Å².